The molecule has 19 heavy (non-hydrogen) atoms. The largest absolute Gasteiger partial charge is 0.478 e. The standard InChI is InChI=1S/C13H9ClN2O3/c1-16-12(9(6-15-16)13(17)18)11-4-7-2-3-8(14)5-10(7)19-11/h2-6H,1H3,(H,17,18). The van der Waals surface area contributed by atoms with Crippen LogP contribution in [-0.4, -0.2) is 20.9 Å². The highest BCUT2D eigenvalue weighted by Crippen LogP contribution is 2.31. The summed E-state index contributed by atoms with van der Waals surface area (Å²) in [5, 5.41) is 14.5. The van der Waals surface area contributed by atoms with E-state index in [1.807, 2.05) is 6.07 Å². The van der Waals surface area contributed by atoms with Crippen molar-refractivity contribution in [1.29, 1.82) is 0 Å². The molecule has 6 heteroatoms. The van der Waals surface area contributed by atoms with Gasteiger partial charge in [0.25, 0.3) is 0 Å². The Morgan fingerprint density at radius 2 is 2.21 bits per heavy atom. The molecule has 0 radical (unpaired) electrons. The molecule has 0 saturated heterocycles. The number of nitrogens with zero attached hydrogens (tertiary/aromatic N) is 2. The molecule has 0 atom stereocenters. The quantitative estimate of drug-likeness (QED) is 0.780. The van der Waals surface area contributed by atoms with Gasteiger partial charge >= 0.3 is 5.97 Å². The second-order valence-electron chi connectivity index (χ2n) is 4.13. The highest BCUT2D eigenvalue weighted by Gasteiger charge is 2.20. The number of benzene rings is 1. The molecule has 1 aromatic carbocycles. The van der Waals surface area contributed by atoms with Crippen LogP contribution in [-0.2, 0) is 7.05 Å². The van der Waals surface area contributed by atoms with Crippen molar-refractivity contribution < 1.29 is 14.3 Å². The molecule has 0 spiro atoms. The van der Waals surface area contributed by atoms with Gasteiger partial charge < -0.3 is 9.52 Å². The Labute approximate surface area is 113 Å². The zero-order valence-electron chi connectivity index (χ0n) is 9.92. The van der Waals surface area contributed by atoms with Gasteiger partial charge in [-0.1, -0.05) is 11.6 Å². The van der Waals surface area contributed by atoms with Gasteiger partial charge in [0.1, 0.15) is 16.8 Å². The molecule has 0 saturated carbocycles. The Hall–Kier alpha value is -2.27. The average molecular weight is 277 g/mol. The fraction of sp³-hybridized carbons (Fsp3) is 0.0769. The predicted molar refractivity (Wildman–Crippen MR) is 70.4 cm³/mol. The smallest absolute Gasteiger partial charge is 0.339 e. The number of aryl methyl sites for hydroxylation is 1. The van der Waals surface area contributed by atoms with Gasteiger partial charge in [-0.2, -0.15) is 5.10 Å². The van der Waals surface area contributed by atoms with Gasteiger partial charge in [0.15, 0.2) is 5.76 Å². The first kappa shape index (κ1) is 11.8. The zero-order valence-corrected chi connectivity index (χ0v) is 10.7. The Morgan fingerprint density at radius 1 is 1.42 bits per heavy atom. The topological polar surface area (TPSA) is 68.3 Å². The van der Waals surface area contributed by atoms with E-state index in [9.17, 15) is 4.79 Å². The minimum Gasteiger partial charge on any atom is -0.478 e. The van der Waals surface area contributed by atoms with E-state index in [-0.39, 0.29) is 5.56 Å². The summed E-state index contributed by atoms with van der Waals surface area (Å²) in [6.07, 6.45) is 1.30. The van der Waals surface area contributed by atoms with Gasteiger partial charge in [0.2, 0.25) is 0 Å². The van der Waals surface area contributed by atoms with E-state index in [1.165, 1.54) is 10.9 Å². The summed E-state index contributed by atoms with van der Waals surface area (Å²) >= 11 is 5.89. The second-order valence-corrected chi connectivity index (χ2v) is 4.56. The SMILES string of the molecule is Cn1ncc(C(=O)O)c1-c1cc2ccc(Cl)cc2o1. The van der Waals surface area contributed by atoms with Gasteiger partial charge in [-0.3, -0.25) is 4.68 Å². The van der Waals surface area contributed by atoms with Crippen molar-refractivity contribution in [3.8, 4) is 11.5 Å². The summed E-state index contributed by atoms with van der Waals surface area (Å²) in [7, 11) is 1.67. The van der Waals surface area contributed by atoms with Crippen molar-refractivity contribution in [2.45, 2.75) is 0 Å². The Kier molecular flexibility index (Phi) is 2.57. The van der Waals surface area contributed by atoms with Crippen molar-refractivity contribution in [1.82, 2.24) is 9.78 Å². The molecule has 5 nitrogen and oxygen atoms in total. The monoisotopic (exact) mass is 276 g/mol. The average Bonchev–Trinajstić information content (AvgIpc) is 2.91. The maximum absolute atomic E-state index is 11.2. The summed E-state index contributed by atoms with van der Waals surface area (Å²) in [4.78, 5) is 11.2. The maximum Gasteiger partial charge on any atom is 0.339 e. The van der Waals surface area contributed by atoms with Crippen LogP contribution in [0.2, 0.25) is 5.02 Å². The number of aromatic carboxylic acids is 1. The number of fused-ring (bicyclic) bond motifs is 1. The van der Waals surface area contributed by atoms with E-state index in [1.54, 1.807) is 25.2 Å². The molecular weight excluding hydrogens is 268 g/mol. The Bertz CT molecular complexity index is 788. The number of halogens is 1. The molecule has 0 aliphatic carbocycles. The summed E-state index contributed by atoms with van der Waals surface area (Å²) in [5.74, 6) is -0.587. The van der Waals surface area contributed by atoms with Crippen LogP contribution < -0.4 is 0 Å². The number of rotatable bonds is 2. The Morgan fingerprint density at radius 3 is 2.95 bits per heavy atom. The van der Waals surface area contributed by atoms with Crippen LogP contribution in [0, 0.1) is 0 Å². The molecule has 1 N–H and O–H groups in total. The van der Waals surface area contributed by atoms with Gasteiger partial charge in [-0.05, 0) is 18.2 Å². The highest BCUT2D eigenvalue weighted by molar-refractivity contribution is 6.31. The van der Waals surface area contributed by atoms with E-state index in [0.29, 0.717) is 22.1 Å². The van der Waals surface area contributed by atoms with Crippen LogP contribution in [0.15, 0.2) is 34.9 Å². The van der Waals surface area contributed by atoms with Crippen molar-refractivity contribution in [3.05, 3.63) is 41.0 Å². The van der Waals surface area contributed by atoms with Gasteiger partial charge in [-0.25, -0.2) is 4.79 Å². The fourth-order valence-electron chi connectivity index (χ4n) is 2.01. The third-order valence-corrected chi connectivity index (χ3v) is 3.12. The van der Waals surface area contributed by atoms with Crippen molar-refractivity contribution in [2.24, 2.45) is 7.05 Å². The molecule has 0 aliphatic rings. The van der Waals surface area contributed by atoms with Crippen molar-refractivity contribution in [2.75, 3.05) is 0 Å². The predicted octanol–water partition coefficient (Wildman–Crippen LogP) is 3.18. The molecule has 2 heterocycles. The van der Waals surface area contributed by atoms with E-state index in [4.69, 9.17) is 21.1 Å². The fourth-order valence-corrected chi connectivity index (χ4v) is 2.17. The van der Waals surface area contributed by atoms with E-state index in [0.717, 1.165) is 5.39 Å². The number of hydrogen-bond acceptors (Lipinski definition) is 3. The highest BCUT2D eigenvalue weighted by atomic mass is 35.5. The minimum atomic E-state index is -1.04. The molecule has 0 fully saturated rings. The second kappa shape index (κ2) is 4.13. The molecule has 0 bridgehead atoms. The zero-order chi connectivity index (χ0) is 13.6. The lowest BCUT2D eigenvalue weighted by molar-refractivity contribution is 0.0697. The van der Waals surface area contributed by atoms with E-state index in [2.05, 4.69) is 5.10 Å². The van der Waals surface area contributed by atoms with Gasteiger partial charge in [-0.15, -0.1) is 0 Å². The summed E-state index contributed by atoms with van der Waals surface area (Å²) in [6.45, 7) is 0. The molecule has 0 unspecified atom stereocenters. The first-order valence-corrected chi connectivity index (χ1v) is 5.89. The van der Waals surface area contributed by atoms with Gasteiger partial charge in [0, 0.05) is 23.5 Å². The summed E-state index contributed by atoms with van der Waals surface area (Å²) in [6, 6.07) is 7.04. The molecule has 96 valence electrons. The van der Waals surface area contributed by atoms with Crippen LogP contribution in [0.3, 0.4) is 0 Å². The van der Waals surface area contributed by atoms with E-state index >= 15 is 0 Å². The number of carbonyl (C=O) groups is 1. The van der Waals surface area contributed by atoms with Crippen LogP contribution >= 0.6 is 11.6 Å². The third kappa shape index (κ3) is 1.88. The van der Waals surface area contributed by atoms with Gasteiger partial charge in [0.05, 0.1) is 6.20 Å². The number of hydrogen-bond donors (Lipinski definition) is 1. The van der Waals surface area contributed by atoms with Crippen LogP contribution in [0.25, 0.3) is 22.4 Å². The van der Waals surface area contributed by atoms with E-state index < -0.39 is 5.97 Å². The third-order valence-electron chi connectivity index (χ3n) is 2.88. The van der Waals surface area contributed by atoms with Crippen LogP contribution in [0.4, 0.5) is 0 Å². The van der Waals surface area contributed by atoms with Crippen molar-refractivity contribution >= 4 is 28.5 Å². The number of furan rings is 1. The number of carboxylic acid groups (broad SMARTS) is 1. The van der Waals surface area contributed by atoms with Crippen LogP contribution in [0.1, 0.15) is 10.4 Å². The summed E-state index contributed by atoms with van der Waals surface area (Å²) in [5.41, 5.74) is 1.15. The lowest BCUT2D eigenvalue weighted by atomic mass is 10.2. The molecule has 2 aromatic heterocycles. The maximum atomic E-state index is 11.2. The first-order chi connectivity index (χ1) is 9.06. The number of aromatic nitrogens is 2. The molecule has 3 rings (SSSR count). The van der Waals surface area contributed by atoms with Crippen LogP contribution in [0.5, 0.6) is 0 Å². The lowest BCUT2D eigenvalue weighted by Crippen LogP contribution is -1.99. The molecule has 0 amide bonds. The molecule has 0 aliphatic heterocycles. The lowest BCUT2D eigenvalue weighted by Gasteiger charge is -1.99. The Balaban J connectivity index is 2.24. The minimum absolute atomic E-state index is 0.104. The molecular formula is C13H9ClN2O3. The first-order valence-electron chi connectivity index (χ1n) is 5.51. The van der Waals surface area contributed by atoms with Crippen molar-refractivity contribution in [3.63, 3.8) is 0 Å². The summed E-state index contributed by atoms with van der Waals surface area (Å²) < 4.78 is 7.13. The molecule has 3 aromatic rings. The number of carboxylic acids is 1. The normalized spacial score (nSPS) is 11.1.